The molecule has 1 N–H and O–H groups in total. The highest BCUT2D eigenvalue weighted by Gasteiger charge is 2.33. The van der Waals surface area contributed by atoms with Crippen LogP contribution in [-0.4, -0.2) is 34.2 Å². The molecule has 30 heavy (non-hydrogen) atoms. The first kappa shape index (κ1) is 19.6. The number of para-hydroxylation sites is 2. The van der Waals surface area contributed by atoms with E-state index in [-0.39, 0.29) is 0 Å². The van der Waals surface area contributed by atoms with Crippen LogP contribution >= 0.6 is 11.6 Å². The van der Waals surface area contributed by atoms with Crippen LogP contribution in [-0.2, 0) is 12.1 Å². The SMILES string of the molecule is OC1(c2ccc(Cl)cc2)CCN(CCCn2c3ccccc3c3ccccc32)CC1. The lowest BCUT2D eigenvalue weighted by molar-refractivity contribution is -0.0261. The molecule has 0 unspecified atom stereocenters. The van der Waals surface area contributed by atoms with Crippen LogP contribution in [0.5, 0.6) is 0 Å². The van der Waals surface area contributed by atoms with E-state index < -0.39 is 5.60 Å². The van der Waals surface area contributed by atoms with Crippen LogP contribution < -0.4 is 0 Å². The Balaban J connectivity index is 1.24. The molecular weight excluding hydrogens is 392 g/mol. The molecule has 3 nitrogen and oxygen atoms in total. The Labute approximate surface area is 182 Å². The molecule has 3 aromatic carbocycles. The van der Waals surface area contributed by atoms with Gasteiger partial charge in [-0.3, -0.25) is 0 Å². The highest BCUT2D eigenvalue weighted by atomic mass is 35.5. The third-order valence-electron chi connectivity index (χ3n) is 6.60. The Bertz CT molecular complexity index is 1100. The molecule has 0 saturated carbocycles. The molecule has 1 aliphatic heterocycles. The highest BCUT2D eigenvalue weighted by Crippen LogP contribution is 2.34. The lowest BCUT2D eigenvalue weighted by Crippen LogP contribution is -2.43. The second kappa shape index (κ2) is 8.07. The minimum absolute atomic E-state index is 0.713. The van der Waals surface area contributed by atoms with E-state index in [9.17, 15) is 5.11 Å². The van der Waals surface area contributed by atoms with Crippen LogP contribution in [0.25, 0.3) is 21.8 Å². The summed E-state index contributed by atoms with van der Waals surface area (Å²) in [4.78, 5) is 2.48. The van der Waals surface area contributed by atoms with Gasteiger partial charge < -0.3 is 14.6 Å². The van der Waals surface area contributed by atoms with Crippen molar-refractivity contribution in [1.29, 1.82) is 0 Å². The highest BCUT2D eigenvalue weighted by molar-refractivity contribution is 6.30. The number of nitrogens with zero attached hydrogens (tertiary/aromatic N) is 2. The van der Waals surface area contributed by atoms with E-state index in [2.05, 4.69) is 58.0 Å². The lowest BCUT2D eigenvalue weighted by Gasteiger charge is -2.38. The third-order valence-corrected chi connectivity index (χ3v) is 6.85. The molecule has 4 aromatic rings. The summed E-state index contributed by atoms with van der Waals surface area (Å²) >= 11 is 6.00. The maximum Gasteiger partial charge on any atom is 0.0920 e. The molecule has 154 valence electrons. The number of halogens is 1. The number of benzene rings is 3. The number of fused-ring (bicyclic) bond motifs is 3. The largest absolute Gasteiger partial charge is 0.385 e. The van der Waals surface area contributed by atoms with Gasteiger partial charge >= 0.3 is 0 Å². The number of likely N-dealkylation sites (tertiary alicyclic amines) is 1. The van der Waals surface area contributed by atoms with Gasteiger partial charge in [0.15, 0.2) is 0 Å². The molecule has 0 spiro atoms. The molecule has 5 rings (SSSR count). The number of hydrogen-bond acceptors (Lipinski definition) is 2. The van der Waals surface area contributed by atoms with Crippen molar-refractivity contribution >= 4 is 33.4 Å². The van der Waals surface area contributed by atoms with Gasteiger partial charge in [0, 0.05) is 46.5 Å². The zero-order valence-electron chi connectivity index (χ0n) is 17.1. The zero-order chi connectivity index (χ0) is 20.6. The van der Waals surface area contributed by atoms with Crippen LogP contribution in [0.3, 0.4) is 0 Å². The smallest absolute Gasteiger partial charge is 0.0920 e. The Hall–Kier alpha value is -2.33. The summed E-state index contributed by atoms with van der Waals surface area (Å²) in [5.74, 6) is 0. The number of hydrogen-bond donors (Lipinski definition) is 1. The minimum Gasteiger partial charge on any atom is -0.385 e. The number of piperidine rings is 1. The molecule has 4 heteroatoms. The fraction of sp³-hybridized carbons (Fsp3) is 0.308. The number of aliphatic hydroxyl groups is 1. The van der Waals surface area contributed by atoms with Gasteiger partial charge in [-0.25, -0.2) is 0 Å². The van der Waals surface area contributed by atoms with Gasteiger partial charge in [-0.2, -0.15) is 0 Å². The summed E-state index contributed by atoms with van der Waals surface area (Å²) in [5.41, 5.74) is 2.88. The molecule has 0 radical (unpaired) electrons. The average molecular weight is 419 g/mol. The monoisotopic (exact) mass is 418 g/mol. The predicted molar refractivity (Wildman–Crippen MR) is 125 cm³/mol. The number of aryl methyl sites for hydroxylation is 1. The minimum atomic E-state index is -0.728. The zero-order valence-corrected chi connectivity index (χ0v) is 17.9. The fourth-order valence-corrected chi connectivity index (χ4v) is 5.02. The Morgan fingerprint density at radius 1 is 0.767 bits per heavy atom. The Morgan fingerprint density at radius 2 is 1.33 bits per heavy atom. The molecule has 0 amide bonds. The molecule has 0 aliphatic carbocycles. The average Bonchev–Trinajstić information content (AvgIpc) is 3.10. The van der Waals surface area contributed by atoms with Gasteiger partial charge in [-0.05, 0) is 55.6 Å². The van der Waals surface area contributed by atoms with Gasteiger partial charge in [0.25, 0.3) is 0 Å². The summed E-state index contributed by atoms with van der Waals surface area (Å²) in [6, 6.07) is 25.0. The van der Waals surface area contributed by atoms with Gasteiger partial charge in [-0.1, -0.05) is 60.1 Å². The predicted octanol–water partition coefficient (Wildman–Crippen LogP) is 5.82. The van der Waals surface area contributed by atoms with E-state index in [4.69, 9.17) is 11.6 Å². The van der Waals surface area contributed by atoms with Crippen molar-refractivity contribution in [1.82, 2.24) is 9.47 Å². The normalized spacial score (nSPS) is 17.0. The standard InChI is InChI=1S/C26H27ClN2O/c27-21-12-10-20(11-13-21)26(30)14-18-28(19-15-26)16-5-17-29-24-8-3-1-6-22(24)23-7-2-4-9-25(23)29/h1-4,6-13,30H,5,14-19H2. The first-order valence-corrected chi connectivity index (χ1v) is 11.2. The molecular formula is C26H27ClN2O. The van der Waals surface area contributed by atoms with Crippen LogP contribution in [0.4, 0.5) is 0 Å². The summed E-state index contributed by atoms with van der Waals surface area (Å²) < 4.78 is 2.46. The van der Waals surface area contributed by atoms with Crippen LogP contribution in [0, 0.1) is 0 Å². The number of rotatable bonds is 5. The molecule has 2 heterocycles. The van der Waals surface area contributed by atoms with Gasteiger partial charge in [0.2, 0.25) is 0 Å². The summed E-state index contributed by atoms with van der Waals surface area (Å²) in [5, 5.41) is 14.5. The van der Waals surface area contributed by atoms with Gasteiger partial charge in [-0.15, -0.1) is 0 Å². The van der Waals surface area contributed by atoms with Crippen LogP contribution in [0.1, 0.15) is 24.8 Å². The quantitative estimate of drug-likeness (QED) is 0.442. The van der Waals surface area contributed by atoms with Crippen LogP contribution in [0.15, 0.2) is 72.8 Å². The summed E-state index contributed by atoms with van der Waals surface area (Å²) in [6.45, 7) is 3.90. The second-order valence-corrected chi connectivity index (χ2v) is 8.86. The van der Waals surface area contributed by atoms with Crippen molar-refractivity contribution in [3.05, 3.63) is 83.4 Å². The fourth-order valence-electron chi connectivity index (χ4n) is 4.89. The van der Waals surface area contributed by atoms with Crippen molar-refractivity contribution in [3.63, 3.8) is 0 Å². The van der Waals surface area contributed by atoms with Crippen LogP contribution in [0.2, 0.25) is 5.02 Å². The molecule has 1 saturated heterocycles. The third kappa shape index (κ3) is 3.62. The van der Waals surface area contributed by atoms with E-state index in [1.807, 2.05) is 24.3 Å². The van der Waals surface area contributed by atoms with E-state index in [1.165, 1.54) is 21.8 Å². The maximum atomic E-state index is 11.1. The van der Waals surface area contributed by atoms with E-state index in [0.717, 1.165) is 51.0 Å². The molecule has 1 aliphatic rings. The van der Waals surface area contributed by atoms with E-state index >= 15 is 0 Å². The molecule has 0 atom stereocenters. The van der Waals surface area contributed by atoms with Crippen molar-refractivity contribution in [2.45, 2.75) is 31.4 Å². The maximum absolute atomic E-state index is 11.1. The van der Waals surface area contributed by atoms with E-state index in [0.29, 0.717) is 5.02 Å². The van der Waals surface area contributed by atoms with Crippen molar-refractivity contribution < 1.29 is 5.11 Å². The molecule has 1 fully saturated rings. The lowest BCUT2D eigenvalue weighted by atomic mass is 9.84. The first-order valence-electron chi connectivity index (χ1n) is 10.8. The van der Waals surface area contributed by atoms with Gasteiger partial charge in [0.05, 0.1) is 5.60 Å². The molecule has 0 bridgehead atoms. The van der Waals surface area contributed by atoms with Crippen molar-refractivity contribution in [2.24, 2.45) is 0 Å². The van der Waals surface area contributed by atoms with Gasteiger partial charge in [0.1, 0.15) is 0 Å². The second-order valence-electron chi connectivity index (χ2n) is 8.42. The Kier molecular flexibility index (Phi) is 5.28. The van der Waals surface area contributed by atoms with E-state index in [1.54, 1.807) is 0 Å². The van der Waals surface area contributed by atoms with Crippen molar-refractivity contribution in [3.8, 4) is 0 Å². The first-order chi connectivity index (χ1) is 14.6. The summed E-state index contributed by atoms with van der Waals surface area (Å²) in [6.07, 6.45) is 2.63. The number of aromatic nitrogens is 1. The molecule has 1 aromatic heterocycles. The topological polar surface area (TPSA) is 28.4 Å². The van der Waals surface area contributed by atoms with Crippen molar-refractivity contribution in [2.75, 3.05) is 19.6 Å². The Morgan fingerprint density at radius 3 is 1.93 bits per heavy atom. The summed E-state index contributed by atoms with van der Waals surface area (Å²) in [7, 11) is 0.